The van der Waals surface area contributed by atoms with Crippen molar-refractivity contribution in [2.24, 2.45) is 11.8 Å². The number of hydrogen-bond acceptors (Lipinski definition) is 5. The van der Waals surface area contributed by atoms with Crippen molar-refractivity contribution in [1.82, 2.24) is 4.72 Å². The molecule has 0 radical (unpaired) electrons. The van der Waals surface area contributed by atoms with Crippen molar-refractivity contribution >= 4 is 22.2 Å². The molecule has 1 heterocycles. The fraction of sp³-hybridized carbons (Fsp3) is 0.526. The Labute approximate surface area is 167 Å². The van der Waals surface area contributed by atoms with Crippen LogP contribution in [0.1, 0.15) is 37.7 Å². The normalized spacial score (nSPS) is 21.2. The van der Waals surface area contributed by atoms with Gasteiger partial charge in [0.25, 0.3) is 0 Å². The molecule has 1 aliphatic carbocycles. The highest BCUT2D eigenvalue weighted by Crippen LogP contribution is 2.36. The van der Waals surface area contributed by atoms with E-state index in [1.165, 1.54) is 18.2 Å². The first-order chi connectivity index (χ1) is 13.7. The molecular formula is C19H21F3NO5S-. The van der Waals surface area contributed by atoms with Crippen molar-refractivity contribution < 1.29 is 31.1 Å². The summed E-state index contributed by atoms with van der Waals surface area (Å²) in [6.07, 6.45) is 0.0714. The van der Waals surface area contributed by atoms with E-state index in [0.29, 0.717) is 37.3 Å². The molecule has 0 spiro atoms. The first-order valence-electron chi connectivity index (χ1n) is 9.34. The zero-order valence-corrected chi connectivity index (χ0v) is 16.3. The number of nitrogens with one attached hydrogen (secondary N) is 1. The van der Waals surface area contributed by atoms with Gasteiger partial charge in [-0.2, -0.15) is 13.2 Å². The first-order valence-corrected chi connectivity index (χ1v) is 10.4. The standard InChI is InChI=1S/C19H22F3NO5S/c20-19(21,22)16-10-18(24)28-17-9-14(5-6-15(16)17)27-11-13-4-2-1-3-12(13)7-8-23-29(25)26/h5-6,9-10,12-13,23H,1-4,7-8,11H2,(H,25,26)/p-1. The Bertz CT molecular complexity index is 930. The maximum atomic E-state index is 13.1. The average molecular weight is 432 g/mol. The van der Waals surface area contributed by atoms with E-state index in [1.807, 2.05) is 0 Å². The van der Waals surface area contributed by atoms with Gasteiger partial charge in [-0.3, -0.25) is 4.21 Å². The Morgan fingerprint density at radius 2 is 1.93 bits per heavy atom. The van der Waals surface area contributed by atoms with Crippen LogP contribution in [0.5, 0.6) is 5.75 Å². The molecule has 6 nitrogen and oxygen atoms in total. The van der Waals surface area contributed by atoms with Crippen LogP contribution in [0.4, 0.5) is 13.2 Å². The number of hydrogen-bond donors (Lipinski definition) is 1. The van der Waals surface area contributed by atoms with Crippen molar-refractivity contribution in [2.75, 3.05) is 13.2 Å². The molecule has 3 rings (SSSR count). The first kappa shape index (κ1) is 21.8. The third kappa shape index (κ3) is 5.80. The van der Waals surface area contributed by atoms with Crippen LogP contribution in [-0.4, -0.2) is 21.9 Å². The lowest BCUT2D eigenvalue weighted by molar-refractivity contribution is -0.136. The monoisotopic (exact) mass is 432 g/mol. The second-order valence-corrected chi connectivity index (χ2v) is 7.93. The molecule has 3 unspecified atom stereocenters. The highest BCUT2D eigenvalue weighted by molar-refractivity contribution is 7.77. The average Bonchev–Trinajstić information content (AvgIpc) is 2.65. The van der Waals surface area contributed by atoms with Crippen LogP contribution in [0.3, 0.4) is 0 Å². The smallest absolute Gasteiger partial charge is 0.417 e. The lowest BCUT2D eigenvalue weighted by atomic mass is 9.78. The van der Waals surface area contributed by atoms with Gasteiger partial charge >= 0.3 is 11.8 Å². The summed E-state index contributed by atoms with van der Waals surface area (Å²) in [6.45, 7) is 0.721. The second-order valence-electron chi connectivity index (χ2n) is 7.17. The zero-order valence-electron chi connectivity index (χ0n) is 15.5. The third-order valence-electron chi connectivity index (χ3n) is 5.29. The lowest BCUT2D eigenvalue weighted by Gasteiger charge is -2.31. The largest absolute Gasteiger partial charge is 0.760 e. The van der Waals surface area contributed by atoms with Gasteiger partial charge < -0.3 is 13.7 Å². The van der Waals surface area contributed by atoms with Gasteiger partial charge in [0.1, 0.15) is 11.3 Å². The molecule has 1 N–H and O–H groups in total. The summed E-state index contributed by atoms with van der Waals surface area (Å²) in [5.74, 6) is 0.841. The quantitative estimate of drug-likeness (QED) is 0.531. The molecule has 1 fully saturated rings. The van der Waals surface area contributed by atoms with Crippen molar-refractivity contribution in [2.45, 2.75) is 38.3 Å². The molecule has 0 aliphatic heterocycles. The molecule has 1 aliphatic rings. The molecule has 1 aromatic carbocycles. The van der Waals surface area contributed by atoms with Gasteiger partial charge in [-0.1, -0.05) is 19.3 Å². The van der Waals surface area contributed by atoms with Gasteiger partial charge in [-0.15, -0.1) is 0 Å². The van der Waals surface area contributed by atoms with Gasteiger partial charge in [-0.05, 0) is 36.8 Å². The number of halogens is 3. The minimum atomic E-state index is -4.66. The molecule has 0 bridgehead atoms. The number of fused-ring (bicyclic) bond motifs is 1. The van der Waals surface area contributed by atoms with E-state index in [9.17, 15) is 26.7 Å². The summed E-state index contributed by atoms with van der Waals surface area (Å²) in [6, 6.07) is 4.41. The summed E-state index contributed by atoms with van der Waals surface area (Å²) < 4.78 is 73.7. The SMILES string of the molecule is O=c1cc(C(F)(F)F)c2ccc(OCC3CCCCC3CCNS(=O)[O-])cc2o1. The lowest BCUT2D eigenvalue weighted by Crippen LogP contribution is -2.29. The van der Waals surface area contributed by atoms with Crippen LogP contribution in [0.15, 0.2) is 33.5 Å². The second kappa shape index (κ2) is 9.27. The van der Waals surface area contributed by atoms with Crippen molar-refractivity contribution in [3.8, 4) is 5.75 Å². The molecule has 0 amide bonds. The van der Waals surface area contributed by atoms with Crippen LogP contribution in [0.2, 0.25) is 0 Å². The zero-order chi connectivity index (χ0) is 21.0. The highest BCUT2D eigenvalue weighted by Gasteiger charge is 2.34. The molecule has 1 saturated carbocycles. The third-order valence-corrected chi connectivity index (χ3v) is 5.73. The number of ether oxygens (including phenoxy) is 1. The molecule has 1 aromatic heterocycles. The van der Waals surface area contributed by atoms with Crippen molar-refractivity contribution in [3.63, 3.8) is 0 Å². The van der Waals surface area contributed by atoms with E-state index in [0.717, 1.165) is 25.7 Å². The van der Waals surface area contributed by atoms with Crippen molar-refractivity contribution in [1.29, 1.82) is 0 Å². The Morgan fingerprint density at radius 3 is 2.62 bits per heavy atom. The van der Waals surface area contributed by atoms with Gasteiger partial charge in [0.2, 0.25) is 0 Å². The topological polar surface area (TPSA) is 91.6 Å². The highest BCUT2D eigenvalue weighted by atomic mass is 32.2. The number of benzene rings is 1. The number of alkyl halides is 3. The van der Waals surface area contributed by atoms with Crippen LogP contribution in [0, 0.1) is 11.8 Å². The van der Waals surface area contributed by atoms with E-state index >= 15 is 0 Å². The minimum Gasteiger partial charge on any atom is -0.760 e. The Kier molecular flexibility index (Phi) is 6.97. The van der Waals surface area contributed by atoms with Crippen LogP contribution in [0.25, 0.3) is 11.0 Å². The maximum Gasteiger partial charge on any atom is 0.417 e. The van der Waals surface area contributed by atoms with E-state index in [2.05, 4.69) is 4.72 Å². The molecule has 29 heavy (non-hydrogen) atoms. The van der Waals surface area contributed by atoms with Gasteiger partial charge in [0.15, 0.2) is 0 Å². The molecule has 3 atom stereocenters. The van der Waals surface area contributed by atoms with Crippen LogP contribution < -0.4 is 15.1 Å². The Balaban J connectivity index is 1.71. The predicted octanol–water partition coefficient (Wildman–Crippen LogP) is 3.77. The molecule has 10 heteroatoms. The fourth-order valence-corrected chi connectivity index (χ4v) is 4.17. The molecule has 2 aromatic rings. The molecule has 0 saturated heterocycles. The van der Waals surface area contributed by atoms with E-state index in [-0.39, 0.29) is 16.9 Å². The van der Waals surface area contributed by atoms with Gasteiger partial charge in [0.05, 0.1) is 12.2 Å². The van der Waals surface area contributed by atoms with Gasteiger partial charge in [-0.25, -0.2) is 9.52 Å². The fourth-order valence-electron chi connectivity index (χ4n) is 3.88. The molecular weight excluding hydrogens is 411 g/mol. The minimum absolute atomic E-state index is 0.176. The summed E-state index contributed by atoms with van der Waals surface area (Å²) in [5.41, 5.74) is -2.28. The van der Waals surface area contributed by atoms with Gasteiger partial charge in [0, 0.05) is 35.3 Å². The summed E-state index contributed by atoms with van der Waals surface area (Å²) in [4.78, 5) is 11.5. The Hall–Kier alpha value is -1.91. The summed E-state index contributed by atoms with van der Waals surface area (Å²) >= 11 is -2.29. The van der Waals surface area contributed by atoms with Crippen LogP contribution >= 0.6 is 0 Å². The van der Waals surface area contributed by atoms with Crippen molar-refractivity contribution in [3.05, 3.63) is 40.2 Å². The molecule has 160 valence electrons. The summed E-state index contributed by atoms with van der Waals surface area (Å²) in [5, 5.41) is -0.198. The van der Waals surface area contributed by atoms with E-state index < -0.39 is 28.6 Å². The van der Waals surface area contributed by atoms with E-state index in [4.69, 9.17) is 9.15 Å². The number of rotatable bonds is 7. The maximum absolute atomic E-state index is 13.1. The van der Waals surface area contributed by atoms with Crippen LogP contribution in [-0.2, 0) is 17.4 Å². The van der Waals surface area contributed by atoms with E-state index in [1.54, 1.807) is 0 Å². The predicted molar refractivity (Wildman–Crippen MR) is 100.0 cm³/mol. The Morgan fingerprint density at radius 1 is 1.21 bits per heavy atom. The summed E-state index contributed by atoms with van der Waals surface area (Å²) in [7, 11) is 0.